The van der Waals surface area contributed by atoms with E-state index >= 15 is 0 Å². The molecule has 0 radical (unpaired) electrons. The fourth-order valence-corrected chi connectivity index (χ4v) is 4.49. The Morgan fingerprint density at radius 1 is 1.08 bits per heavy atom. The van der Waals surface area contributed by atoms with Crippen LogP contribution in [-0.4, -0.2) is 30.1 Å². The number of aliphatic imine (C=N–C) groups is 1. The predicted octanol–water partition coefficient (Wildman–Crippen LogP) is 6.28. The second-order valence-electron chi connectivity index (χ2n) is 8.98. The molecule has 0 bridgehead atoms. The number of carbonyl (C=O) groups excluding carboxylic acids is 2. The van der Waals surface area contributed by atoms with Crippen molar-refractivity contribution in [2.24, 2.45) is 10.9 Å². The molecule has 1 aliphatic rings. The van der Waals surface area contributed by atoms with Crippen LogP contribution in [0.1, 0.15) is 43.9 Å². The van der Waals surface area contributed by atoms with Crippen molar-refractivity contribution >= 4 is 40.5 Å². The summed E-state index contributed by atoms with van der Waals surface area (Å²) < 4.78 is 14.9. The first-order valence-corrected chi connectivity index (χ1v) is 12.5. The van der Waals surface area contributed by atoms with Gasteiger partial charge in [0.1, 0.15) is 18.4 Å². The zero-order valence-corrected chi connectivity index (χ0v) is 21.3. The Kier molecular flexibility index (Phi) is 7.85. The molecule has 0 saturated heterocycles. The van der Waals surface area contributed by atoms with Crippen LogP contribution in [0.3, 0.4) is 0 Å². The van der Waals surface area contributed by atoms with E-state index in [0.717, 1.165) is 12.0 Å². The molecule has 1 heterocycles. The second kappa shape index (κ2) is 11.0. The molecule has 0 aromatic heterocycles. The first kappa shape index (κ1) is 25.6. The van der Waals surface area contributed by atoms with Gasteiger partial charge in [0.15, 0.2) is 0 Å². The fraction of sp³-hybridized carbons (Fsp3) is 0.276. The summed E-state index contributed by atoms with van der Waals surface area (Å²) in [6, 6.07) is 18.2. The molecule has 5 nitrogen and oxygen atoms in total. The first-order valence-electron chi connectivity index (χ1n) is 12.1. The van der Waals surface area contributed by atoms with E-state index in [1.54, 1.807) is 36.4 Å². The minimum Gasteiger partial charge on any atom is -0.325 e. The molecule has 0 spiro atoms. The number of nitrogens with zero attached hydrogens (tertiary/aromatic N) is 2. The quantitative estimate of drug-likeness (QED) is 0.411. The SMILES string of the molecule is CCc1cccc(NC(=O)CN2C(=O)[C@@H]([C@@H](C)CC)N=C(c3ccccc3F)c3cc(Cl)ccc32)c1. The molecule has 3 aromatic carbocycles. The van der Waals surface area contributed by atoms with Crippen LogP contribution in [-0.2, 0) is 16.0 Å². The van der Waals surface area contributed by atoms with Crippen LogP contribution < -0.4 is 10.2 Å². The topological polar surface area (TPSA) is 61.8 Å². The molecule has 0 fully saturated rings. The Hall–Kier alpha value is -3.51. The highest BCUT2D eigenvalue weighted by atomic mass is 35.5. The number of rotatable bonds is 7. The molecular weight excluding hydrogens is 477 g/mol. The zero-order chi connectivity index (χ0) is 25.8. The predicted molar refractivity (Wildman–Crippen MR) is 144 cm³/mol. The summed E-state index contributed by atoms with van der Waals surface area (Å²) in [4.78, 5) is 33.2. The lowest BCUT2D eigenvalue weighted by molar-refractivity contribution is -0.123. The molecule has 4 rings (SSSR count). The van der Waals surface area contributed by atoms with Gasteiger partial charge in [-0.05, 0) is 60.4 Å². The summed E-state index contributed by atoms with van der Waals surface area (Å²) in [5, 5.41) is 3.32. The van der Waals surface area contributed by atoms with Gasteiger partial charge in [0.05, 0.1) is 11.4 Å². The van der Waals surface area contributed by atoms with Gasteiger partial charge in [-0.2, -0.15) is 0 Å². The summed E-state index contributed by atoms with van der Waals surface area (Å²) in [5.41, 5.74) is 3.37. The van der Waals surface area contributed by atoms with Crippen molar-refractivity contribution in [1.82, 2.24) is 0 Å². The number of amides is 2. The number of hydrogen-bond donors (Lipinski definition) is 1. The molecule has 36 heavy (non-hydrogen) atoms. The van der Waals surface area contributed by atoms with Gasteiger partial charge in [0.25, 0.3) is 5.91 Å². The van der Waals surface area contributed by atoms with E-state index in [9.17, 15) is 14.0 Å². The lowest BCUT2D eigenvalue weighted by Crippen LogP contribution is -2.44. The van der Waals surface area contributed by atoms with Crippen LogP contribution in [0.4, 0.5) is 15.8 Å². The van der Waals surface area contributed by atoms with Gasteiger partial charge in [-0.15, -0.1) is 0 Å². The molecule has 0 saturated carbocycles. The van der Waals surface area contributed by atoms with Gasteiger partial charge >= 0.3 is 0 Å². The van der Waals surface area contributed by atoms with E-state index in [-0.39, 0.29) is 29.8 Å². The van der Waals surface area contributed by atoms with Crippen LogP contribution in [0.15, 0.2) is 71.7 Å². The van der Waals surface area contributed by atoms with Crippen LogP contribution in [0.5, 0.6) is 0 Å². The lowest BCUT2D eigenvalue weighted by Gasteiger charge is -2.26. The van der Waals surface area contributed by atoms with Crippen molar-refractivity contribution in [3.8, 4) is 0 Å². The number of carbonyl (C=O) groups is 2. The highest BCUT2D eigenvalue weighted by Crippen LogP contribution is 2.33. The molecule has 3 aromatic rings. The number of nitrogens with one attached hydrogen (secondary N) is 1. The number of aryl methyl sites for hydroxylation is 1. The molecule has 0 aliphatic carbocycles. The fourth-order valence-electron chi connectivity index (χ4n) is 4.31. The first-order chi connectivity index (χ1) is 17.3. The van der Waals surface area contributed by atoms with E-state index in [4.69, 9.17) is 16.6 Å². The molecule has 2 amide bonds. The van der Waals surface area contributed by atoms with Gasteiger partial charge in [0, 0.05) is 21.8 Å². The summed E-state index contributed by atoms with van der Waals surface area (Å²) in [5.74, 6) is -1.22. The van der Waals surface area contributed by atoms with Crippen molar-refractivity contribution < 1.29 is 14.0 Å². The maximum atomic E-state index is 14.9. The molecule has 7 heteroatoms. The number of benzodiazepines with no additional fused rings is 1. The molecule has 2 atom stereocenters. The van der Waals surface area contributed by atoms with Gasteiger partial charge in [0.2, 0.25) is 5.91 Å². The van der Waals surface area contributed by atoms with Crippen LogP contribution in [0, 0.1) is 11.7 Å². The molecule has 0 unspecified atom stereocenters. The highest BCUT2D eigenvalue weighted by Gasteiger charge is 2.36. The van der Waals surface area contributed by atoms with Crippen LogP contribution in [0.25, 0.3) is 0 Å². The minimum atomic E-state index is -0.785. The summed E-state index contributed by atoms with van der Waals surface area (Å²) >= 11 is 6.34. The van der Waals surface area contributed by atoms with Gasteiger partial charge in [-0.25, -0.2) is 4.39 Å². The molecule has 1 aliphatic heterocycles. The average molecular weight is 506 g/mol. The molecule has 1 N–H and O–H groups in total. The Morgan fingerprint density at radius 3 is 2.58 bits per heavy atom. The normalized spacial score (nSPS) is 16.1. The van der Waals surface area contributed by atoms with E-state index in [1.165, 1.54) is 11.0 Å². The summed E-state index contributed by atoms with van der Waals surface area (Å²) in [6.07, 6.45) is 1.53. The molecular formula is C29H29ClFN3O2. The third-order valence-corrected chi connectivity index (χ3v) is 6.76. The van der Waals surface area contributed by atoms with Gasteiger partial charge in [-0.3, -0.25) is 14.6 Å². The Bertz CT molecular complexity index is 1320. The number of benzene rings is 3. The van der Waals surface area contributed by atoms with Crippen molar-refractivity contribution in [2.75, 3.05) is 16.8 Å². The monoisotopic (exact) mass is 505 g/mol. The third-order valence-electron chi connectivity index (χ3n) is 6.52. The standard InChI is InChI=1S/C29H29ClFN3O2/c1-4-18(3)27-29(36)34(17-26(35)32-21-10-8-9-19(5-2)15-21)25-14-13-20(30)16-23(25)28(33-27)22-11-6-7-12-24(22)31/h6-16,18,27H,4-5,17H2,1-3H3,(H,32,35)/t18-,27+/m0/s1. The number of fused-ring (bicyclic) bond motifs is 1. The maximum absolute atomic E-state index is 14.9. The summed E-state index contributed by atoms with van der Waals surface area (Å²) in [6.45, 7) is 5.74. The van der Waals surface area contributed by atoms with E-state index in [0.29, 0.717) is 34.1 Å². The Labute approximate surface area is 216 Å². The van der Waals surface area contributed by atoms with Gasteiger partial charge < -0.3 is 10.2 Å². The largest absolute Gasteiger partial charge is 0.325 e. The average Bonchev–Trinajstić information content (AvgIpc) is 2.98. The van der Waals surface area contributed by atoms with Crippen molar-refractivity contribution in [3.63, 3.8) is 0 Å². The number of hydrogen-bond acceptors (Lipinski definition) is 3. The molecule has 186 valence electrons. The number of halogens is 2. The minimum absolute atomic E-state index is 0.129. The van der Waals surface area contributed by atoms with E-state index < -0.39 is 11.9 Å². The zero-order valence-electron chi connectivity index (χ0n) is 20.6. The van der Waals surface area contributed by atoms with Gasteiger partial charge in [-0.1, -0.05) is 63.1 Å². The summed E-state index contributed by atoms with van der Waals surface area (Å²) in [7, 11) is 0. The maximum Gasteiger partial charge on any atom is 0.252 e. The van der Waals surface area contributed by atoms with Crippen LogP contribution in [0.2, 0.25) is 5.02 Å². The van der Waals surface area contributed by atoms with Crippen molar-refractivity contribution in [2.45, 2.75) is 39.7 Å². The highest BCUT2D eigenvalue weighted by molar-refractivity contribution is 6.32. The van der Waals surface area contributed by atoms with E-state index in [2.05, 4.69) is 5.32 Å². The van der Waals surface area contributed by atoms with Crippen molar-refractivity contribution in [3.05, 3.63) is 94.3 Å². The Balaban J connectivity index is 1.79. The number of anilines is 2. The smallest absolute Gasteiger partial charge is 0.252 e. The lowest BCUT2D eigenvalue weighted by atomic mass is 9.97. The van der Waals surface area contributed by atoms with E-state index in [1.807, 2.05) is 45.0 Å². The Morgan fingerprint density at radius 2 is 1.86 bits per heavy atom. The second-order valence-corrected chi connectivity index (χ2v) is 9.41. The van der Waals surface area contributed by atoms with Crippen LogP contribution >= 0.6 is 11.6 Å². The third kappa shape index (κ3) is 5.34. The van der Waals surface area contributed by atoms with Crippen molar-refractivity contribution in [1.29, 1.82) is 0 Å².